The van der Waals surface area contributed by atoms with Crippen molar-refractivity contribution >= 4 is 12.0 Å². The quantitative estimate of drug-likeness (QED) is 0.471. The van der Waals surface area contributed by atoms with Crippen LogP contribution in [0.5, 0.6) is 0 Å². The maximum absolute atomic E-state index is 11.6. The highest BCUT2D eigenvalue weighted by Crippen LogP contribution is 2.04. The summed E-state index contributed by atoms with van der Waals surface area (Å²) in [5, 5.41) is 14.1. The van der Waals surface area contributed by atoms with E-state index < -0.39 is 18.0 Å². The van der Waals surface area contributed by atoms with E-state index in [0.717, 1.165) is 12.8 Å². The third-order valence-corrected chi connectivity index (χ3v) is 2.74. The topological polar surface area (TPSA) is 96.9 Å². The van der Waals surface area contributed by atoms with Crippen LogP contribution in [0.15, 0.2) is 0 Å². The first kappa shape index (κ1) is 19.7. The van der Waals surface area contributed by atoms with E-state index in [2.05, 4.69) is 10.6 Å². The Bertz CT molecular complexity index is 297. The number of aliphatic carboxylic acids is 1. The fraction of sp³-hybridized carbons (Fsp3) is 0.857. The minimum Gasteiger partial charge on any atom is -0.480 e. The standard InChI is InChI=1S/C14H28N2O5/c1-11(2)10-12(13(17)18)16-14(19)15-6-4-5-7-21-9-8-20-3/h11-12H,4-10H2,1-3H3,(H,17,18)(H2,15,16,19)/t12-/m0/s1. The summed E-state index contributed by atoms with van der Waals surface area (Å²) in [6.45, 7) is 6.09. The lowest BCUT2D eigenvalue weighted by Crippen LogP contribution is -2.46. The summed E-state index contributed by atoms with van der Waals surface area (Å²) in [6.07, 6.45) is 2.02. The van der Waals surface area contributed by atoms with Gasteiger partial charge in [-0.1, -0.05) is 13.8 Å². The molecule has 0 aliphatic rings. The van der Waals surface area contributed by atoms with Gasteiger partial charge in [0.25, 0.3) is 0 Å². The van der Waals surface area contributed by atoms with Crippen LogP contribution < -0.4 is 10.6 Å². The number of ether oxygens (including phenoxy) is 2. The van der Waals surface area contributed by atoms with Gasteiger partial charge < -0.3 is 25.2 Å². The van der Waals surface area contributed by atoms with Crippen molar-refractivity contribution in [3.8, 4) is 0 Å². The first-order valence-corrected chi connectivity index (χ1v) is 7.31. The summed E-state index contributed by atoms with van der Waals surface area (Å²) in [7, 11) is 1.62. The van der Waals surface area contributed by atoms with Crippen LogP contribution in [0.2, 0.25) is 0 Å². The van der Waals surface area contributed by atoms with E-state index in [1.165, 1.54) is 0 Å². The molecule has 0 aliphatic heterocycles. The van der Waals surface area contributed by atoms with Crippen LogP contribution in [0.4, 0.5) is 4.79 Å². The first-order chi connectivity index (χ1) is 9.97. The number of methoxy groups -OCH3 is 1. The minimum absolute atomic E-state index is 0.204. The van der Waals surface area contributed by atoms with Crippen molar-refractivity contribution in [2.75, 3.05) is 33.5 Å². The zero-order valence-electron chi connectivity index (χ0n) is 13.2. The predicted octanol–water partition coefficient (Wildman–Crippen LogP) is 1.23. The van der Waals surface area contributed by atoms with Gasteiger partial charge in [0.05, 0.1) is 13.2 Å². The Morgan fingerprint density at radius 1 is 1.14 bits per heavy atom. The highest BCUT2D eigenvalue weighted by molar-refractivity contribution is 5.82. The zero-order valence-corrected chi connectivity index (χ0v) is 13.2. The lowest BCUT2D eigenvalue weighted by atomic mass is 10.0. The van der Waals surface area contributed by atoms with Crippen molar-refractivity contribution in [1.29, 1.82) is 0 Å². The number of carboxylic acids is 1. The van der Waals surface area contributed by atoms with Crippen LogP contribution >= 0.6 is 0 Å². The van der Waals surface area contributed by atoms with Crippen LogP contribution in [-0.2, 0) is 14.3 Å². The first-order valence-electron chi connectivity index (χ1n) is 7.31. The fourth-order valence-electron chi connectivity index (χ4n) is 1.68. The van der Waals surface area contributed by atoms with Gasteiger partial charge in [-0.15, -0.1) is 0 Å². The second-order valence-electron chi connectivity index (χ2n) is 5.23. The Balaban J connectivity index is 3.66. The summed E-state index contributed by atoms with van der Waals surface area (Å²) in [5.41, 5.74) is 0. The van der Waals surface area contributed by atoms with Crippen LogP contribution in [0.1, 0.15) is 33.1 Å². The van der Waals surface area contributed by atoms with Crippen molar-refractivity contribution in [2.45, 2.75) is 39.2 Å². The van der Waals surface area contributed by atoms with E-state index in [0.29, 0.717) is 32.8 Å². The number of nitrogens with one attached hydrogen (secondary N) is 2. The van der Waals surface area contributed by atoms with E-state index in [9.17, 15) is 9.59 Å². The van der Waals surface area contributed by atoms with Crippen LogP contribution in [0, 0.1) is 5.92 Å². The lowest BCUT2D eigenvalue weighted by Gasteiger charge is -2.16. The third-order valence-electron chi connectivity index (χ3n) is 2.74. The molecule has 0 aromatic rings. The van der Waals surface area contributed by atoms with Gasteiger partial charge in [0, 0.05) is 20.3 Å². The second-order valence-corrected chi connectivity index (χ2v) is 5.23. The van der Waals surface area contributed by atoms with Gasteiger partial charge in [0.2, 0.25) is 0 Å². The van der Waals surface area contributed by atoms with Gasteiger partial charge in [0.15, 0.2) is 0 Å². The largest absolute Gasteiger partial charge is 0.480 e. The monoisotopic (exact) mass is 304 g/mol. The number of hydrogen-bond acceptors (Lipinski definition) is 4. The molecule has 0 aliphatic carbocycles. The normalized spacial score (nSPS) is 12.2. The summed E-state index contributed by atoms with van der Waals surface area (Å²) in [5.74, 6) is -0.805. The Labute approximate surface area is 126 Å². The van der Waals surface area contributed by atoms with Gasteiger partial charge in [-0.25, -0.2) is 9.59 Å². The fourth-order valence-corrected chi connectivity index (χ4v) is 1.68. The molecule has 7 nitrogen and oxygen atoms in total. The minimum atomic E-state index is -1.01. The number of unbranched alkanes of at least 4 members (excludes halogenated alkanes) is 1. The molecule has 21 heavy (non-hydrogen) atoms. The molecule has 0 heterocycles. The summed E-state index contributed by atoms with van der Waals surface area (Å²) in [4.78, 5) is 22.6. The van der Waals surface area contributed by atoms with E-state index in [-0.39, 0.29) is 5.92 Å². The number of amides is 2. The van der Waals surface area contributed by atoms with Gasteiger partial charge in [-0.2, -0.15) is 0 Å². The molecule has 2 amide bonds. The lowest BCUT2D eigenvalue weighted by molar-refractivity contribution is -0.139. The number of carbonyl (C=O) groups is 2. The van der Waals surface area contributed by atoms with Gasteiger partial charge in [-0.3, -0.25) is 0 Å². The van der Waals surface area contributed by atoms with E-state index in [4.69, 9.17) is 14.6 Å². The summed E-state index contributed by atoms with van der Waals surface area (Å²) >= 11 is 0. The Hall–Kier alpha value is -1.34. The molecule has 0 rings (SSSR count). The summed E-state index contributed by atoms with van der Waals surface area (Å²) < 4.78 is 10.1. The number of carboxylic acid groups (broad SMARTS) is 1. The zero-order chi connectivity index (χ0) is 16.1. The van der Waals surface area contributed by atoms with Crippen molar-refractivity contribution in [3.05, 3.63) is 0 Å². The molecule has 0 bridgehead atoms. The summed E-state index contributed by atoms with van der Waals surface area (Å²) in [6, 6.07) is -1.29. The van der Waals surface area contributed by atoms with Gasteiger partial charge in [-0.05, 0) is 25.2 Å². The van der Waals surface area contributed by atoms with Crippen molar-refractivity contribution in [3.63, 3.8) is 0 Å². The molecular formula is C14H28N2O5. The SMILES string of the molecule is COCCOCCCCNC(=O)N[C@@H](CC(C)C)C(=O)O. The smallest absolute Gasteiger partial charge is 0.326 e. The van der Waals surface area contributed by atoms with Crippen LogP contribution in [-0.4, -0.2) is 56.6 Å². The average molecular weight is 304 g/mol. The molecule has 0 spiro atoms. The number of rotatable bonds is 12. The molecule has 0 aromatic carbocycles. The molecule has 1 atom stereocenters. The molecule has 0 aromatic heterocycles. The van der Waals surface area contributed by atoms with Crippen LogP contribution in [0.3, 0.4) is 0 Å². The second kappa shape index (κ2) is 12.4. The predicted molar refractivity (Wildman–Crippen MR) is 79.3 cm³/mol. The van der Waals surface area contributed by atoms with Crippen molar-refractivity contribution in [1.82, 2.24) is 10.6 Å². The molecule has 124 valence electrons. The van der Waals surface area contributed by atoms with Gasteiger partial charge >= 0.3 is 12.0 Å². The molecule has 0 saturated carbocycles. The molecule has 0 fully saturated rings. The van der Waals surface area contributed by atoms with Crippen molar-refractivity contribution in [2.24, 2.45) is 5.92 Å². The number of hydrogen-bond donors (Lipinski definition) is 3. The molecule has 0 unspecified atom stereocenters. The Morgan fingerprint density at radius 3 is 2.43 bits per heavy atom. The van der Waals surface area contributed by atoms with Crippen LogP contribution in [0.25, 0.3) is 0 Å². The molecule has 0 radical (unpaired) electrons. The molecule has 3 N–H and O–H groups in total. The third kappa shape index (κ3) is 12.1. The highest BCUT2D eigenvalue weighted by Gasteiger charge is 2.20. The maximum atomic E-state index is 11.6. The highest BCUT2D eigenvalue weighted by atomic mass is 16.5. The average Bonchev–Trinajstić information content (AvgIpc) is 2.40. The molecule has 0 saturated heterocycles. The molecule has 7 heteroatoms. The van der Waals surface area contributed by atoms with E-state index in [1.807, 2.05) is 13.8 Å². The maximum Gasteiger partial charge on any atom is 0.326 e. The Morgan fingerprint density at radius 2 is 1.86 bits per heavy atom. The Kier molecular flexibility index (Phi) is 11.6. The van der Waals surface area contributed by atoms with Crippen molar-refractivity contribution < 1.29 is 24.2 Å². The molecular weight excluding hydrogens is 276 g/mol. The number of urea groups is 1. The van der Waals surface area contributed by atoms with Gasteiger partial charge in [0.1, 0.15) is 6.04 Å². The number of carbonyl (C=O) groups excluding carboxylic acids is 1. The van der Waals surface area contributed by atoms with E-state index in [1.54, 1.807) is 7.11 Å². The van der Waals surface area contributed by atoms with E-state index >= 15 is 0 Å².